The van der Waals surface area contributed by atoms with Crippen molar-refractivity contribution in [3.63, 3.8) is 0 Å². The number of hydrogen-bond donors (Lipinski definition) is 0. The minimum atomic E-state index is -0.0519. The van der Waals surface area contributed by atoms with E-state index in [0.717, 1.165) is 11.4 Å². The molecule has 90 valence electrons. The molecule has 0 aromatic carbocycles. The lowest BCUT2D eigenvalue weighted by molar-refractivity contribution is 0.371. The van der Waals surface area contributed by atoms with Crippen molar-refractivity contribution in [1.29, 1.82) is 0 Å². The summed E-state index contributed by atoms with van der Waals surface area (Å²) in [5.41, 5.74) is 0.994. The first-order valence-corrected chi connectivity index (χ1v) is 5.58. The van der Waals surface area contributed by atoms with Crippen molar-refractivity contribution in [2.75, 3.05) is 7.11 Å². The maximum absolute atomic E-state index is 5.36. The van der Waals surface area contributed by atoms with Gasteiger partial charge in [-0.25, -0.2) is 4.98 Å². The molecule has 1 aromatic rings. The molecule has 0 saturated carbocycles. The van der Waals surface area contributed by atoms with Crippen molar-refractivity contribution < 1.29 is 4.74 Å². The number of rotatable bonds is 1. The molecule has 1 heterocycles. The predicted octanol–water partition coefficient (Wildman–Crippen LogP) is 3.08. The van der Waals surface area contributed by atoms with Gasteiger partial charge in [-0.3, -0.25) is 0 Å². The van der Waals surface area contributed by atoms with Crippen LogP contribution in [0.5, 0.6) is 5.88 Å². The number of hydrogen-bond acceptors (Lipinski definition) is 3. The quantitative estimate of drug-likeness (QED) is 0.732. The predicted molar refractivity (Wildman–Crippen MR) is 66.0 cm³/mol. The van der Waals surface area contributed by atoms with Crippen LogP contribution in [0.2, 0.25) is 0 Å². The van der Waals surface area contributed by atoms with E-state index < -0.39 is 0 Å². The molecule has 0 aliphatic heterocycles. The summed E-state index contributed by atoms with van der Waals surface area (Å²) in [5, 5.41) is 0. The molecule has 0 spiro atoms. The fourth-order valence-corrected chi connectivity index (χ4v) is 1.40. The number of nitrogens with zero attached hydrogens (tertiary/aromatic N) is 2. The molecule has 3 nitrogen and oxygen atoms in total. The summed E-state index contributed by atoms with van der Waals surface area (Å²) in [7, 11) is 1.66. The van der Waals surface area contributed by atoms with Crippen molar-refractivity contribution in [3.8, 4) is 5.88 Å². The highest BCUT2D eigenvalue weighted by molar-refractivity contribution is 5.31. The van der Waals surface area contributed by atoms with Crippen LogP contribution >= 0.6 is 0 Å². The summed E-state index contributed by atoms with van der Waals surface area (Å²) in [6.07, 6.45) is 1.88. The Morgan fingerprint density at radius 1 is 1.00 bits per heavy atom. The van der Waals surface area contributed by atoms with Gasteiger partial charge < -0.3 is 4.74 Å². The summed E-state index contributed by atoms with van der Waals surface area (Å²) in [4.78, 5) is 8.93. The molecule has 0 unspecified atom stereocenters. The fraction of sp³-hybridized carbons (Fsp3) is 0.692. The van der Waals surface area contributed by atoms with E-state index in [9.17, 15) is 0 Å². The zero-order valence-corrected chi connectivity index (χ0v) is 11.4. The smallest absolute Gasteiger partial charge is 0.220 e. The van der Waals surface area contributed by atoms with Gasteiger partial charge in [0.25, 0.3) is 0 Å². The van der Waals surface area contributed by atoms with Gasteiger partial charge in [0, 0.05) is 17.2 Å². The Labute approximate surface area is 98.3 Å². The van der Waals surface area contributed by atoms with E-state index in [0.29, 0.717) is 5.88 Å². The monoisotopic (exact) mass is 222 g/mol. The van der Waals surface area contributed by atoms with Crippen molar-refractivity contribution in [2.24, 2.45) is 0 Å². The fourth-order valence-electron chi connectivity index (χ4n) is 1.40. The minimum absolute atomic E-state index is 0.00174. The van der Waals surface area contributed by atoms with Crippen LogP contribution in [0.3, 0.4) is 0 Å². The van der Waals surface area contributed by atoms with Crippen LogP contribution in [0.15, 0.2) is 6.20 Å². The first-order chi connectivity index (χ1) is 7.16. The SMILES string of the molecule is COc1nc(C(C)(C)C)ncc1C(C)(C)C. The van der Waals surface area contributed by atoms with Crippen LogP contribution in [0, 0.1) is 0 Å². The third-order valence-electron chi connectivity index (χ3n) is 2.43. The Morgan fingerprint density at radius 3 is 1.94 bits per heavy atom. The highest BCUT2D eigenvalue weighted by Gasteiger charge is 2.24. The Morgan fingerprint density at radius 2 is 1.56 bits per heavy atom. The summed E-state index contributed by atoms with van der Waals surface area (Å²) in [6, 6.07) is 0. The first-order valence-electron chi connectivity index (χ1n) is 5.58. The van der Waals surface area contributed by atoms with E-state index >= 15 is 0 Å². The Balaban J connectivity index is 3.28. The second kappa shape index (κ2) is 4.04. The normalized spacial score (nSPS) is 12.7. The van der Waals surface area contributed by atoms with Crippen LogP contribution in [0.25, 0.3) is 0 Å². The highest BCUT2D eigenvalue weighted by atomic mass is 16.5. The molecule has 0 aliphatic rings. The molecule has 0 atom stereocenters. The van der Waals surface area contributed by atoms with Gasteiger partial charge in [-0.15, -0.1) is 0 Å². The molecule has 3 heteroatoms. The largest absolute Gasteiger partial charge is 0.481 e. The van der Waals surface area contributed by atoms with E-state index in [1.54, 1.807) is 7.11 Å². The minimum Gasteiger partial charge on any atom is -0.481 e. The number of ether oxygens (including phenoxy) is 1. The summed E-state index contributed by atoms with van der Waals surface area (Å²) in [6.45, 7) is 12.7. The van der Waals surface area contributed by atoms with Crippen LogP contribution in [0.1, 0.15) is 52.9 Å². The van der Waals surface area contributed by atoms with E-state index in [2.05, 4.69) is 51.5 Å². The lowest BCUT2D eigenvalue weighted by Gasteiger charge is -2.23. The van der Waals surface area contributed by atoms with Crippen LogP contribution in [-0.4, -0.2) is 17.1 Å². The maximum Gasteiger partial charge on any atom is 0.220 e. The van der Waals surface area contributed by atoms with Gasteiger partial charge in [-0.2, -0.15) is 4.98 Å². The van der Waals surface area contributed by atoms with E-state index in [1.165, 1.54) is 0 Å². The summed E-state index contributed by atoms with van der Waals surface area (Å²) in [5.74, 6) is 1.50. The lowest BCUT2D eigenvalue weighted by atomic mass is 9.88. The average molecular weight is 222 g/mol. The van der Waals surface area contributed by atoms with E-state index in [4.69, 9.17) is 4.74 Å². The zero-order valence-electron chi connectivity index (χ0n) is 11.4. The molecular formula is C13H22N2O. The average Bonchev–Trinajstić information content (AvgIpc) is 2.14. The van der Waals surface area contributed by atoms with Crippen molar-refractivity contribution in [2.45, 2.75) is 52.4 Å². The van der Waals surface area contributed by atoms with Gasteiger partial charge >= 0.3 is 0 Å². The van der Waals surface area contributed by atoms with E-state index in [-0.39, 0.29) is 10.8 Å². The lowest BCUT2D eigenvalue weighted by Crippen LogP contribution is -2.20. The Bertz CT molecular complexity index is 372. The molecule has 16 heavy (non-hydrogen) atoms. The third-order valence-corrected chi connectivity index (χ3v) is 2.43. The molecule has 0 radical (unpaired) electrons. The molecule has 1 aromatic heterocycles. The first kappa shape index (κ1) is 12.9. The zero-order chi connectivity index (χ0) is 12.6. The van der Waals surface area contributed by atoms with Crippen molar-refractivity contribution in [3.05, 3.63) is 17.6 Å². The maximum atomic E-state index is 5.36. The van der Waals surface area contributed by atoms with Crippen molar-refractivity contribution in [1.82, 2.24) is 9.97 Å². The Hall–Kier alpha value is -1.12. The molecule has 0 fully saturated rings. The van der Waals surface area contributed by atoms with Gasteiger partial charge in [0.05, 0.1) is 7.11 Å². The third kappa shape index (κ3) is 2.71. The molecular weight excluding hydrogens is 200 g/mol. The van der Waals surface area contributed by atoms with Crippen LogP contribution in [-0.2, 0) is 10.8 Å². The summed E-state index contributed by atoms with van der Waals surface area (Å²) < 4.78 is 5.36. The molecule has 0 N–H and O–H groups in total. The van der Waals surface area contributed by atoms with Crippen LogP contribution in [0.4, 0.5) is 0 Å². The summed E-state index contributed by atoms with van der Waals surface area (Å²) >= 11 is 0. The number of methoxy groups -OCH3 is 1. The van der Waals surface area contributed by atoms with Gasteiger partial charge in [0.15, 0.2) is 0 Å². The molecule has 0 aliphatic carbocycles. The molecule has 0 saturated heterocycles. The van der Waals surface area contributed by atoms with Gasteiger partial charge in [0.2, 0.25) is 5.88 Å². The highest BCUT2D eigenvalue weighted by Crippen LogP contribution is 2.30. The Kier molecular flexibility index (Phi) is 3.27. The topological polar surface area (TPSA) is 35.0 Å². The molecule has 1 rings (SSSR count). The van der Waals surface area contributed by atoms with Gasteiger partial charge in [-0.05, 0) is 5.41 Å². The second-order valence-electron chi connectivity index (χ2n) is 6.12. The van der Waals surface area contributed by atoms with E-state index in [1.807, 2.05) is 6.20 Å². The second-order valence-corrected chi connectivity index (χ2v) is 6.12. The van der Waals surface area contributed by atoms with Gasteiger partial charge in [0.1, 0.15) is 5.82 Å². The van der Waals surface area contributed by atoms with Crippen molar-refractivity contribution >= 4 is 0 Å². The molecule has 0 bridgehead atoms. The standard InChI is InChI=1S/C13H22N2O/c1-12(2,3)9-8-14-11(13(4,5)6)15-10(9)16-7/h8H,1-7H3. The van der Waals surface area contributed by atoms with Gasteiger partial charge in [-0.1, -0.05) is 41.5 Å². The van der Waals surface area contributed by atoms with Crippen LogP contribution < -0.4 is 4.74 Å². The molecule has 0 amide bonds. The number of aromatic nitrogens is 2.